The Morgan fingerprint density at radius 2 is 2.06 bits per heavy atom. The van der Waals surface area contributed by atoms with E-state index in [0.717, 1.165) is 0 Å². The minimum atomic E-state index is -0.163. The molecule has 0 amide bonds. The van der Waals surface area contributed by atoms with Crippen LogP contribution < -0.4 is 5.32 Å². The molecule has 3 rings (SSSR count). The molecule has 2 aliphatic heterocycles. The molecule has 1 aromatic rings. The molecule has 98 valence electrons. The van der Waals surface area contributed by atoms with Crippen molar-refractivity contribution in [2.45, 2.75) is 56.0 Å². The number of piperidine rings is 1. The van der Waals surface area contributed by atoms with Crippen molar-refractivity contribution in [2.24, 2.45) is 0 Å². The van der Waals surface area contributed by atoms with Gasteiger partial charge in [-0.2, -0.15) is 0 Å². The standard InChI is InChI=1S/C16H23NO/c1-15(12-18,13-6-3-2-4-7-13)16-10-5-8-14(17-16)9-11-16/h2-4,6-7,14,17-18H,5,8-12H2,1H3. The molecule has 2 fully saturated rings. The summed E-state index contributed by atoms with van der Waals surface area (Å²) in [6, 6.07) is 11.2. The third kappa shape index (κ3) is 1.63. The zero-order valence-corrected chi connectivity index (χ0v) is 11.2. The number of hydrogen-bond donors (Lipinski definition) is 2. The first-order valence-electron chi connectivity index (χ1n) is 7.14. The maximum atomic E-state index is 10.1. The maximum Gasteiger partial charge on any atom is 0.0543 e. The second-order valence-electron chi connectivity index (χ2n) is 6.21. The van der Waals surface area contributed by atoms with Crippen molar-refractivity contribution in [1.82, 2.24) is 5.32 Å². The van der Waals surface area contributed by atoms with Crippen LogP contribution in [-0.2, 0) is 5.41 Å². The van der Waals surface area contributed by atoms with Gasteiger partial charge in [-0.3, -0.25) is 0 Å². The van der Waals surface area contributed by atoms with Gasteiger partial charge < -0.3 is 10.4 Å². The molecule has 2 aliphatic rings. The van der Waals surface area contributed by atoms with Gasteiger partial charge in [0.1, 0.15) is 0 Å². The first kappa shape index (κ1) is 12.2. The Balaban J connectivity index is 2.01. The predicted octanol–water partition coefficient (Wildman–Crippen LogP) is 2.61. The average Bonchev–Trinajstić information content (AvgIpc) is 2.75. The number of rotatable bonds is 3. The van der Waals surface area contributed by atoms with Crippen LogP contribution in [0.5, 0.6) is 0 Å². The first-order valence-corrected chi connectivity index (χ1v) is 7.14. The Morgan fingerprint density at radius 1 is 1.28 bits per heavy atom. The van der Waals surface area contributed by atoms with Gasteiger partial charge in [0.15, 0.2) is 0 Å². The van der Waals surface area contributed by atoms with E-state index in [9.17, 15) is 5.11 Å². The zero-order chi connectivity index (χ0) is 12.6. The molecular weight excluding hydrogens is 222 g/mol. The lowest BCUT2D eigenvalue weighted by Gasteiger charge is -2.49. The summed E-state index contributed by atoms with van der Waals surface area (Å²) in [6.07, 6.45) is 6.25. The maximum absolute atomic E-state index is 10.1. The Kier molecular flexibility index (Phi) is 2.95. The van der Waals surface area contributed by atoms with E-state index in [2.05, 4.69) is 36.5 Å². The van der Waals surface area contributed by atoms with Crippen LogP contribution in [0.4, 0.5) is 0 Å². The quantitative estimate of drug-likeness (QED) is 0.858. The predicted molar refractivity (Wildman–Crippen MR) is 73.6 cm³/mol. The van der Waals surface area contributed by atoms with E-state index in [1.165, 1.54) is 37.7 Å². The van der Waals surface area contributed by atoms with E-state index in [1.54, 1.807) is 0 Å². The molecule has 2 N–H and O–H groups in total. The first-order chi connectivity index (χ1) is 8.70. The van der Waals surface area contributed by atoms with E-state index in [4.69, 9.17) is 0 Å². The molecule has 3 atom stereocenters. The Labute approximate surface area is 109 Å². The second kappa shape index (κ2) is 4.36. The summed E-state index contributed by atoms with van der Waals surface area (Å²) in [4.78, 5) is 0. The fourth-order valence-corrected chi connectivity index (χ4v) is 4.06. The monoisotopic (exact) mass is 245 g/mol. The van der Waals surface area contributed by atoms with Crippen molar-refractivity contribution in [3.8, 4) is 0 Å². The van der Waals surface area contributed by atoms with Crippen LogP contribution in [0.15, 0.2) is 30.3 Å². The molecule has 0 aromatic heterocycles. The minimum Gasteiger partial charge on any atom is -0.395 e. The lowest BCUT2D eigenvalue weighted by molar-refractivity contribution is 0.0867. The fraction of sp³-hybridized carbons (Fsp3) is 0.625. The number of benzene rings is 1. The number of fused-ring (bicyclic) bond motifs is 2. The van der Waals surface area contributed by atoms with E-state index >= 15 is 0 Å². The fourth-order valence-electron chi connectivity index (χ4n) is 4.06. The normalized spacial score (nSPS) is 34.2. The average molecular weight is 245 g/mol. The zero-order valence-electron chi connectivity index (χ0n) is 11.2. The molecule has 2 bridgehead atoms. The van der Waals surface area contributed by atoms with Crippen molar-refractivity contribution in [2.75, 3.05) is 6.61 Å². The highest BCUT2D eigenvalue weighted by Crippen LogP contribution is 2.48. The summed E-state index contributed by atoms with van der Waals surface area (Å²) >= 11 is 0. The van der Waals surface area contributed by atoms with Crippen LogP contribution in [0.25, 0.3) is 0 Å². The molecule has 1 aromatic carbocycles. The SMILES string of the molecule is CC(CO)(c1ccccc1)C12CCCC(CC1)N2. The second-order valence-corrected chi connectivity index (χ2v) is 6.21. The van der Waals surface area contributed by atoms with Crippen LogP contribution in [0.1, 0.15) is 44.6 Å². The van der Waals surface area contributed by atoms with Gasteiger partial charge in [-0.15, -0.1) is 0 Å². The van der Waals surface area contributed by atoms with Crippen molar-refractivity contribution in [3.63, 3.8) is 0 Å². The molecule has 0 aliphatic carbocycles. The van der Waals surface area contributed by atoms with E-state index in [1.807, 2.05) is 6.07 Å². The van der Waals surface area contributed by atoms with Gasteiger partial charge in [0, 0.05) is 17.0 Å². The number of aliphatic hydroxyl groups is 1. The highest BCUT2D eigenvalue weighted by atomic mass is 16.3. The largest absolute Gasteiger partial charge is 0.395 e. The van der Waals surface area contributed by atoms with Gasteiger partial charge in [0.2, 0.25) is 0 Å². The smallest absolute Gasteiger partial charge is 0.0543 e. The molecule has 2 heteroatoms. The number of hydrogen-bond acceptors (Lipinski definition) is 2. The highest BCUT2D eigenvalue weighted by molar-refractivity contribution is 5.32. The summed E-state index contributed by atoms with van der Waals surface area (Å²) in [5.41, 5.74) is 1.21. The molecule has 0 spiro atoms. The molecule has 2 heterocycles. The summed E-state index contributed by atoms with van der Waals surface area (Å²) in [5, 5.41) is 13.9. The van der Waals surface area contributed by atoms with Crippen molar-refractivity contribution >= 4 is 0 Å². The Hall–Kier alpha value is -0.860. The molecule has 2 nitrogen and oxygen atoms in total. The van der Waals surface area contributed by atoms with Gasteiger partial charge in [-0.25, -0.2) is 0 Å². The summed E-state index contributed by atoms with van der Waals surface area (Å²) in [5.74, 6) is 0. The van der Waals surface area contributed by atoms with Gasteiger partial charge in [-0.1, -0.05) is 43.7 Å². The van der Waals surface area contributed by atoms with Crippen LogP contribution in [0, 0.1) is 0 Å². The number of nitrogens with one attached hydrogen (secondary N) is 1. The number of aliphatic hydroxyl groups excluding tert-OH is 1. The van der Waals surface area contributed by atoms with Gasteiger partial charge in [-0.05, 0) is 31.2 Å². The summed E-state index contributed by atoms with van der Waals surface area (Å²) in [7, 11) is 0. The lowest BCUT2D eigenvalue weighted by atomic mass is 9.64. The molecule has 0 saturated carbocycles. The molecule has 2 saturated heterocycles. The van der Waals surface area contributed by atoms with Crippen LogP contribution in [0.2, 0.25) is 0 Å². The Bertz CT molecular complexity index is 414. The van der Waals surface area contributed by atoms with Gasteiger partial charge in [0.25, 0.3) is 0 Å². The lowest BCUT2D eigenvalue weighted by Crippen LogP contribution is -2.61. The third-order valence-corrected chi connectivity index (χ3v) is 5.34. The van der Waals surface area contributed by atoms with Crippen LogP contribution in [-0.4, -0.2) is 23.3 Å². The molecule has 3 unspecified atom stereocenters. The van der Waals surface area contributed by atoms with Crippen molar-refractivity contribution in [3.05, 3.63) is 35.9 Å². The molecule has 18 heavy (non-hydrogen) atoms. The van der Waals surface area contributed by atoms with Crippen molar-refractivity contribution < 1.29 is 5.11 Å². The van der Waals surface area contributed by atoms with Gasteiger partial charge >= 0.3 is 0 Å². The Morgan fingerprint density at radius 3 is 2.78 bits per heavy atom. The van der Waals surface area contributed by atoms with Crippen LogP contribution in [0.3, 0.4) is 0 Å². The molecular formula is C16H23NO. The van der Waals surface area contributed by atoms with E-state index in [0.29, 0.717) is 6.04 Å². The van der Waals surface area contributed by atoms with Crippen molar-refractivity contribution in [1.29, 1.82) is 0 Å². The van der Waals surface area contributed by atoms with Gasteiger partial charge in [0.05, 0.1) is 6.61 Å². The minimum absolute atomic E-state index is 0.103. The van der Waals surface area contributed by atoms with E-state index in [-0.39, 0.29) is 17.6 Å². The highest BCUT2D eigenvalue weighted by Gasteiger charge is 2.53. The summed E-state index contributed by atoms with van der Waals surface area (Å²) in [6.45, 7) is 2.44. The summed E-state index contributed by atoms with van der Waals surface area (Å²) < 4.78 is 0. The van der Waals surface area contributed by atoms with E-state index < -0.39 is 0 Å². The molecule has 0 radical (unpaired) electrons. The van der Waals surface area contributed by atoms with Crippen LogP contribution >= 0.6 is 0 Å². The topological polar surface area (TPSA) is 32.3 Å². The third-order valence-electron chi connectivity index (χ3n) is 5.34.